The highest BCUT2D eigenvalue weighted by Gasteiger charge is 2.16. The number of nitrogens with zero attached hydrogens (tertiary/aromatic N) is 2. The molecular formula is C19H18ClN3O2S. The number of fused-ring (bicyclic) bond motifs is 1. The Bertz CT molecular complexity index is 1030. The minimum Gasteiger partial charge on any atom is -0.356 e. The number of nitrogens with one attached hydrogen (secondary N) is 1. The summed E-state index contributed by atoms with van der Waals surface area (Å²) < 4.78 is 1.56. The third-order valence-corrected chi connectivity index (χ3v) is 5.04. The number of carbonyl (C=O) groups excluding carboxylic acids is 1. The summed E-state index contributed by atoms with van der Waals surface area (Å²) in [6.45, 7) is 4.36. The zero-order chi connectivity index (χ0) is 18.7. The highest BCUT2D eigenvalue weighted by Crippen LogP contribution is 2.24. The summed E-state index contributed by atoms with van der Waals surface area (Å²) in [5, 5.41) is 4.21. The van der Waals surface area contributed by atoms with Gasteiger partial charge in [0.05, 0.1) is 22.3 Å². The van der Waals surface area contributed by atoms with E-state index in [1.54, 1.807) is 22.8 Å². The maximum atomic E-state index is 13.1. The molecule has 1 amide bonds. The molecule has 134 valence electrons. The van der Waals surface area contributed by atoms with Crippen LogP contribution < -0.4 is 10.9 Å². The highest BCUT2D eigenvalue weighted by atomic mass is 35.5. The lowest BCUT2D eigenvalue weighted by Gasteiger charge is -2.15. The number of para-hydroxylation sites is 1. The highest BCUT2D eigenvalue weighted by molar-refractivity contribution is 7.99. The largest absolute Gasteiger partial charge is 0.356 e. The van der Waals surface area contributed by atoms with Gasteiger partial charge in [0.1, 0.15) is 0 Å². The molecule has 0 radical (unpaired) electrons. The Morgan fingerprint density at radius 3 is 2.77 bits per heavy atom. The van der Waals surface area contributed by atoms with Gasteiger partial charge in [-0.05, 0) is 43.7 Å². The van der Waals surface area contributed by atoms with Gasteiger partial charge in [-0.25, -0.2) is 4.98 Å². The van der Waals surface area contributed by atoms with Crippen LogP contribution in [0.3, 0.4) is 0 Å². The van der Waals surface area contributed by atoms with Gasteiger partial charge < -0.3 is 5.32 Å². The van der Waals surface area contributed by atoms with Crippen molar-refractivity contribution in [3.05, 3.63) is 63.4 Å². The van der Waals surface area contributed by atoms with Crippen LogP contribution in [0.25, 0.3) is 16.6 Å². The fourth-order valence-corrected chi connectivity index (χ4v) is 3.64. The van der Waals surface area contributed by atoms with Crippen LogP contribution in [-0.2, 0) is 4.79 Å². The Labute approximate surface area is 160 Å². The molecule has 26 heavy (non-hydrogen) atoms. The summed E-state index contributed by atoms with van der Waals surface area (Å²) in [5.74, 6) is 0.0763. The molecule has 1 aromatic heterocycles. The summed E-state index contributed by atoms with van der Waals surface area (Å²) in [7, 11) is 0. The first-order chi connectivity index (χ1) is 12.5. The number of rotatable bonds is 5. The van der Waals surface area contributed by atoms with Crippen molar-refractivity contribution in [1.29, 1.82) is 0 Å². The smallest absolute Gasteiger partial charge is 0.266 e. The molecule has 2 aromatic carbocycles. The molecule has 0 saturated carbocycles. The van der Waals surface area contributed by atoms with Crippen molar-refractivity contribution >= 4 is 40.2 Å². The van der Waals surface area contributed by atoms with Crippen molar-refractivity contribution in [2.24, 2.45) is 0 Å². The zero-order valence-corrected chi connectivity index (χ0v) is 16.0. The Morgan fingerprint density at radius 2 is 2.04 bits per heavy atom. The molecule has 0 aliphatic rings. The molecule has 3 aromatic rings. The van der Waals surface area contributed by atoms with Gasteiger partial charge in [0.2, 0.25) is 5.91 Å². The number of benzene rings is 2. The second kappa shape index (κ2) is 7.93. The zero-order valence-electron chi connectivity index (χ0n) is 14.5. The molecule has 0 unspecified atom stereocenters. The van der Waals surface area contributed by atoms with Crippen molar-refractivity contribution in [2.75, 3.05) is 12.3 Å². The van der Waals surface area contributed by atoms with E-state index in [-0.39, 0.29) is 17.2 Å². The summed E-state index contributed by atoms with van der Waals surface area (Å²) in [4.78, 5) is 29.6. The Hall–Kier alpha value is -2.31. The monoisotopic (exact) mass is 387 g/mol. The summed E-state index contributed by atoms with van der Waals surface area (Å²) in [6, 6.07) is 12.6. The Balaban J connectivity index is 2.19. The van der Waals surface area contributed by atoms with E-state index < -0.39 is 0 Å². The average Bonchev–Trinajstić information content (AvgIpc) is 2.61. The average molecular weight is 388 g/mol. The lowest BCUT2D eigenvalue weighted by Crippen LogP contribution is -2.26. The van der Waals surface area contributed by atoms with Crippen molar-refractivity contribution < 1.29 is 4.79 Å². The van der Waals surface area contributed by atoms with Crippen LogP contribution in [0.1, 0.15) is 12.5 Å². The SMILES string of the molecule is CCNC(=O)CSc1nc2cc(Cl)ccc2c(=O)n1-c1ccccc1C. The van der Waals surface area contributed by atoms with E-state index >= 15 is 0 Å². The fourth-order valence-electron chi connectivity index (χ4n) is 2.64. The molecular weight excluding hydrogens is 370 g/mol. The van der Waals surface area contributed by atoms with Gasteiger partial charge in [-0.2, -0.15) is 0 Å². The van der Waals surface area contributed by atoms with Gasteiger partial charge in [0.25, 0.3) is 5.56 Å². The molecule has 1 N–H and O–H groups in total. The van der Waals surface area contributed by atoms with E-state index in [1.807, 2.05) is 38.1 Å². The first-order valence-corrected chi connectivity index (χ1v) is 9.55. The number of hydrogen-bond acceptors (Lipinski definition) is 4. The topological polar surface area (TPSA) is 64.0 Å². The molecule has 1 heterocycles. The van der Waals surface area contributed by atoms with Crippen molar-refractivity contribution in [3.63, 3.8) is 0 Å². The number of aromatic nitrogens is 2. The minimum absolute atomic E-state index is 0.103. The van der Waals surface area contributed by atoms with Gasteiger partial charge in [-0.3, -0.25) is 14.2 Å². The third kappa shape index (κ3) is 3.76. The molecule has 0 saturated heterocycles. The normalized spacial score (nSPS) is 10.9. The van der Waals surface area contributed by atoms with Crippen molar-refractivity contribution in [1.82, 2.24) is 14.9 Å². The molecule has 0 aliphatic carbocycles. The lowest BCUT2D eigenvalue weighted by molar-refractivity contribution is -0.118. The van der Waals surface area contributed by atoms with Gasteiger partial charge in [0.15, 0.2) is 5.16 Å². The van der Waals surface area contributed by atoms with Gasteiger partial charge in [0, 0.05) is 11.6 Å². The molecule has 0 atom stereocenters. The van der Waals surface area contributed by atoms with Crippen LogP contribution in [-0.4, -0.2) is 27.8 Å². The summed E-state index contributed by atoms with van der Waals surface area (Å²) in [6.07, 6.45) is 0. The van der Waals surface area contributed by atoms with Crippen LogP contribution in [0.4, 0.5) is 0 Å². The summed E-state index contributed by atoms with van der Waals surface area (Å²) >= 11 is 7.28. The number of hydrogen-bond donors (Lipinski definition) is 1. The number of carbonyl (C=O) groups is 1. The Kier molecular flexibility index (Phi) is 5.64. The number of thioether (sulfide) groups is 1. The van der Waals surface area contributed by atoms with E-state index in [4.69, 9.17) is 11.6 Å². The maximum Gasteiger partial charge on any atom is 0.266 e. The van der Waals surface area contributed by atoms with E-state index in [2.05, 4.69) is 10.3 Å². The Morgan fingerprint density at radius 1 is 1.27 bits per heavy atom. The van der Waals surface area contributed by atoms with Crippen LogP contribution in [0.15, 0.2) is 52.4 Å². The third-order valence-electron chi connectivity index (χ3n) is 3.86. The predicted octanol–water partition coefficient (Wildman–Crippen LogP) is 3.58. The first-order valence-electron chi connectivity index (χ1n) is 8.19. The molecule has 3 rings (SSSR count). The van der Waals surface area contributed by atoms with Crippen LogP contribution in [0.5, 0.6) is 0 Å². The van der Waals surface area contributed by atoms with Crippen molar-refractivity contribution in [2.45, 2.75) is 19.0 Å². The van der Waals surface area contributed by atoms with E-state index in [0.29, 0.717) is 27.6 Å². The van der Waals surface area contributed by atoms with Crippen LogP contribution in [0.2, 0.25) is 5.02 Å². The second-order valence-corrected chi connectivity index (χ2v) is 7.10. The minimum atomic E-state index is -0.181. The molecule has 0 spiro atoms. The van der Waals surface area contributed by atoms with Gasteiger partial charge >= 0.3 is 0 Å². The molecule has 0 bridgehead atoms. The summed E-state index contributed by atoms with van der Waals surface area (Å²) in [5.41, 5.74) is 2.04. The van der Waals surface area contributed by atoms with Gasteiger partial charge in [-0.1, -0.05) is 41.6 Å². The fraction of sp³-hybridized carbons (Fsp3) is 0.211. The predicted molar refractivity (Wildman–Crippen MR) is 106 cm³/mol. The first kappa shape index (κ1) is 18.5. The van der Waals surface area contributed by atoms with E-state index in [0.717, 1.165) is 11.3 Å². The number of halogens is 1. The second-order valence-electron chi connectivity index (χ2n) is 5.73. The van der Waals surface area contributed by atoms with E-state index in [1.165, 1.54) is 11.8 Å². The van der Waals surface area contributed by atoms with Gasteiger partial charge in [-0.15, -0.1) is 0 Å². The maximum absolute atomic E-state index is 13.1. The lowest BCUT2D eigenvalue weighted by atomic mass is 10.2. The molecule has 0 fully saturated rings. The van der Waals surface area contributed by atoms with Crippen molar-refractivity contribution in [3.8, 4) is 5.69 Å². The molecule has 7 heteroatoms. The molecule has 0 aliphatic heterocycles. The van der Waals surface area contributed by atoms with E-state index in [9.17, 15) is 9.59 Å². The standard InChI is InChI=1S/C19H18ClN3O2S/c1-3-21-17(24)11-26-19-22-15-10-13(20)8-9-14(15)18(25)23(19)16-7-5-4-6-12(16)2/h4-10H,3,11H2,1-2H3,(H,21,24). The quantitative estimate of drug-likeness (QED) is 0.537. The number of aryl methyl sites for hydroxylation is 1. The van der Waals surface area contributed by atoms with Crippen LogP contribution >= 0.6 is 23.4 Å². The number of amides is 1. The van der Waals surface area contributed by atoms with Crippen LogP contribution in [0, 0.1) is 6.92 Å². The molecule has 5 nitrogen and oxygen atoms in total.